The molecule has 7 nitrogen and oxygen atoms in total. The molecule has 2 aromatic carbocycles. The maximum absolute atomic E-state index is 13.7. The SMILES string of the molecule is CC(C)NC(=O)C(C)N(Cc1ccccc1)C(=O)CN(c1ccc(C23CC4CC(CC(C4)C2)C3)cc1)S(C)(=O)=O. The zero-order valence-electron chi connectivity index (χ0n) is 24.2. The monoisotopic (exact) mass is 565 g/mol. The summed E-state index contributed by atoms with van der Waals surface area (Å²) in [6.45, 7) is 5.25. The Morgan fingerprint density at radius 3 is 1.95 bits per heavy atom. The van der Waals surface area contributed by atoms with E-state index in [0.717, 1.165) is 29.6 Å². The lowest BCUT2D eigenvalue weighted by Gasteiger charge is -2.57. The van der Waals surface area contributed by atoms with Gasteiger partial charge in [-0.25, -0.2) is 8.42 Å². The van der Waals surface area contributed by atoms with E-state index in [1.165, 1.54) is 53.3 Å². The van der Waals surface area contributed by atoms with Gasteiger partial charge in [-0.1, -0.05) is 42.5 Å². The van der Waals surface area contributed by atoms with Crippen LogP contribution in [-0.2, 0) is 31.6 Å². The van der Waals surface area contributed by atoms with Gasteiger partial charge >= 0.3 is 0 Å². The van der Waals surface area contributed by atoms with Crippen molar-refractivity contribution in [2.45, 2.75) is 83.3 Å². The maximum Gasteiger partial charge on any atom is 0.244 e. The first-order chi connectivity index (χ1) is 18.9. The van der Waals surface area contributed by atoms with Gasteiger partial charge in [0, 0.05) is 12.6 Å². The summed E-state index contributed by atoms with van der Waals surface area (Å²) in [6, 6.07) is 16.5. The Morgan fingerprint density at radius 2 is 1.45 bits per heavy atom. The van der Waals surface area contributed by atoms with Crippen LogP contribution in [0.4, 0.5) is 5.69 Å². The van der Waals surface area contributed by atoms with Gasteiger partial charge in [0.15, 0.2) is 0 Å². The second kappa shape index (κ2) is 11.2. The van der Waals surface area contributed by atoms with E-state index in [9.17, 15) is 18.0 Å². The van der Waals surface area contributed by atoms with Gasteiger partial charge in [0.2, 0.25) is 21.8 Å². The van der Waals surface area contributed by atoms with E-state index in [1.807, 2.05) is 56.3 Å². The topological polar surface area (TPSA) is 86.8 Å². The molecule has 0 spiro atoms. The van der Waals surface area contributed by atoms with Crippen LogP contribution in [0.15, 0.2) is 54.6 Å². The van der Waals surface area contributed by atoms with E-state index in [4.69, 9.17) is 0 Å². The molecule has 0 aromatic heterocycles. The molecule has 2 aromatic rings. The summed E-state index contributed by atoms with van der Waals surface area (Å²) in [5.41, 5.74) is 2.86. The van der Waals surface area contributed by atoms with Crippen molar-refractivity contribution >= 4 is 27.5 Å². The van der Waals surface area contributed by atoms with E-state index in [1.54, 1.807) is 6.92 Å². The quantitative estimate of drug-likeness (QED) is 0.446. The summed E-state index contributed by atoms with van der Waals surface area (Å²) in [6.07, 6.45) is 8.94. The predicted molar refractivity (Wildman–Crippen MR) is 158 cm³/mol. The molecule has 4 saturated carbocycles. The van der Waals surface area contributed by atoms with Crippen LogP contribution in [-0.4, -0.2) is 50.0 Å². The molecule has 40 heavy (non-hydrogen) atoms. The van der Waals surface area contributed by atoms with Crippen molar-refractivity contribution < 1.29 is 18.0 Å². The minimum atomic E-state index is -3.76. The minimum absolute atomic E-state index is 0.0800. The second-order valence-electron chi connectivity index (χ2n) is 12.9. The molecule has 216 valence electrons. The summed E-state index contributed by atoms with van der Waals surface area (Å²) < 4.78 is 27.1. The van der Waals surface area contributed by atoms with Gasteiger partial charge in [0.1, 0.15) is 12.6 Å². The number of rotatable bonds is 10. The number of benzene rings is 2. The van der Waals surface area contributed by atoms with Crippen LogP contribution in [0.5, 0.6) is 0 Å². The Balaban J connectivity index is 1.38. The molecular formula is C32H43N3O4S. The highest BCUT2D eigenvalue weighted by molar-refractivity contribution is 7.92. The molecule has 1 N–H and O–H groups in total. The standard InChI is InChI=1S/C32H43N3O4S/c1-22(2)33-31(37)23(3)34(20-24-8-6-5-7-9-24)30(36)21-35(40(4,38)39)29-12-10-28(11-13-29)32-17-25-14-26(18-32)16-27(15-25)19-32/h5-13,22-23,25-27H,14-21H2,1-4H3,(H,33,37). The summed E-state index contributed by atoms with van der Waals surface area (Å²) in [4.78, 5) is 28.1. The molecule has 4 bridgehead atoms. The van der Waals surface area contributed by atoms with Crippen molar-refractivity contribution in [1.29, 1.82) is 0 Å². The second-order valence-corrected chi connectivity index (χ2v) is 14.8. The summed E-state index contributed by atoms with van der Waals surface area (Å²) in [5, 5.41) is 2.87. The highest BCUT2D eigenvalue weighted by Gasteiger charge is 2.51. The summed E-state index contributed by atoms with van der Waals surface area (Å²) in [7, 11) is -3.76. The Kier molecular flexibility index (Phi) is 8.01. The van der Waals surface area contributed by atoms with Crippen molar-refractivity contribution in [1.82, 2.24) is 10.2 Å². The molecule has 1 atom stereocenters. The highest BCUT2D eigenvalue weighted by atomic mass is 32.2. The minimum Gasteiger partial charge on any atom is -0.352 e. The van der Waals surface area contributed by atoms with Crippen LogP contribution >= 0.6 is 0 Å². The third-order valence-electron chi connectivity index (χ3n) is 9.28. The molecule has 6 rings (SSSR count). The Labute approximate surface area is 239 Å². The predicted octanol–water partition coefficient (Wildman–Crippen LogP) is 4.86. The zero-order valence-corrected chi connectivity index (χ0v) is 25.0. The number of nitrogens with zero attached hydrogens (tertiary/aromatic N) is 2. The number of anilines is 1. The van der Waals surface area contributed by atoms with Crippen LogP contribution in [0.3, 0.4) is 0 Å². The molecule has 1 unspecified atom stereocenters. The van der Waals surface area contributed by atoms with E-state index in [-0.39, 0.29) is 30.5 Å². The highest BCUT2D eigenvalue weighted by Crippen LogP contribution is 2.60. The fourth-order valence-corrected chi connectivity index (χ4v) is 8.68. The number of hydrogen-bond acceptors (Lipinski definition) is 4. The van der Waals surface area contributed by atoms with Crippen LogP contribution < -0.4 is 9.62 Å². The van der Waals surface area contributed by atoms with Gasteiger partial charge in [-0.15, -0.1) is 0 Å². The number of nitrogens with one attached hydrogen (secondary N) is 1. The lowest BCUT2D eigenvalue weighted by atomic mass is 9.48. The molecule has 0 aliphatic heterocycles. The fourth-order valence-electron chi connectivity index (χ4n) is 7.83. The van der Waals surface area contributed by atoms with E-state index in [0.29, 0.717) is 5.69 Å². The summed E-state index contributed by atoms with van der Waals surface area (Å²) >= 11 is 0. The number of amides is 2. The van der Waals surface area contributed by atoms with Crippen LogP contribution in [0.1, 0.15) is 70.4 Å². The largest absolute Gasteiger partial charge is 0.352 e. The third kappa shape index (κ3) is 6.07. The first-order valence-electron chi connectivity index (χ1n) is 14.7. The molecular weight excluding hydrogens is 522 g/mol. The van der Waals surface area contributed by atoms with Crippen LogP contribution in [0.2, 0.25) is 0 Å². The van der Waals surface area contributed by atoms with Crippen molar-refractivity contribution in [2.75, 3.05) is 17.1 Å². The fraction of sp³-hybridized carbons (Fsp3) is 0.562. The van der Waals surface area contributed by atoms with Crippen molar-refractivity contribution in [3.63, 3.8) is 0 Å². The van der Waals surface area contributed by atoms with Crippen LogP contribution in [0, 0.1) is 17.8 Å². The van der Waals surface area contributed by atoms with Gasteiger partial charge in [0.05, 0.1) is 11.9 Å². The molecule has 2 amide bonds. The number of hydrogen-bond donors (Lipinski definition) is 1. The van der Waals surface area contributed by atoms with E-state index >= 15 is 0 Å². The van der Waals surface area contributed by atoms with Crippen molar-refractivity contribution in [2.24, 2.45) is 17.8 Å². The average molecular weight is 566 g/mol. The molecule has 8 heteroatoms. The normalized spacial score (nSPS) is 26.0. The first-order valence-corrected chi connectivity index (χ1v) is 16.5. The van der Waals surface area contributed by atoms with E-state index in [2.05, 4.69) is 17.4 Å². The molecule has 4 aliphatic rings. The van der Waals surface area contributed by atoms with E-state index < -0.39 is 22.0 Å². The molecule has 0 heterocycles. The molecule has 0 radical (unpaired) electrons. The van der Waals surface area contributed by atoms with Crippen molar-refractivity contribution in [3.05, 3.63) is 65.7 Å². The number of carbonyl (C=O) groups excluding carboxylic acids is 2. The summed E-state index contributed by atoms with van der Waals surface area (Å²) in [5.74, 6) is 1.76. The third-order valence-corrected chi connectivity index (χ3v) is 10.4. The van der Waals surface area contributed by atoms with Gasteiger partial charge in [-0.3, -0.25) is 13.9 Å². The Morgan fingerprint density at radius 1 is 0.900 bits per heavy atom. The maximum atomic E-state index is 13.7. The Bertz CT molecular complexity index is 1290. The van der Waals surface area contributed by atoms with Gasteiger partial charge in [-0.2, -0.15) is 0 Å². The lowest BCUT2D eigenvalue weighted by Crippen LogP contribution is -2.52. The zero-order chi connectivity index (χ0) is 28.7. The van der Waals surface area contributed by atoms with Crippen LogP contribution in [0.25, 0.3) is 0 Å². The number of sulfonamides is 1. The van der Waals surface area contributed by atoms with Gasteiger partial charge in [-0.05, 0) is 106 Å². The number of carbonyl (C=O) groups is 2. The van der Waals surface area contributed by atoms with Gasteiger partial charge in [0.25, 0.3) is 0 Å². The molecule has 4 aliphatic carbocycles. The first kappa shape index (κ1) is 28.7. The lowest BCUT2D eigenvalue weighted by molar-refractivity contribution is -0.139. The van der Waals surface area contributed by atoms with Gasteiger partial charge < -0.3 is 10.2 Å². The Hall–Kier alpha value is -2.87. The van der Waals surface area contributed by atoms with Crippen molar-refractivity contribution in [3.8, 4) is 0 Å². The smallest absolute Gasteiger partial charge is 0.244 e. The molecule has 0 saturated heterocycles. The molecule has 4 fully saturated rings. The average Bonchev–Trinajstić information content (AvgIpc) is 2.89.